The van der Waals surface area contributed by atoms with Crippen LogP contribution in [0.5, 0.6) is 0 Å². The molecule has 0 bridgehead atoms. The Bertz CT molecular complexity index is 673. The van der Waals surface area contributed by atoms with Gasteiger partial charge >= 0.3 is 0 Å². The third-order valence-electron chi connectivity index (χ3n) is 2.83. The first-order valence-electron chi connectivity index (χ1n) is 5.74. The molecule has 0 aliphatic heterocycles. The Morgan fingerprint density at radius 3 is 1.48 bits per heavy atom. The van der Waals surface area contributed by atoms with E-state index in [0.717, 1.165) is 11.1 Å². The lowest BCUT2D eigenvalue weighted by atomic mass is 10.0. The molecule has 0 aliphatic rings. The molecule has 2 rings (SSSR count). The summed E-state index contributed by atoms with van der Waals surface area (Å²) in [4.78, 5) is 20.7. The van der Waals surface area contributed by atoms with E-state index in [4.69, 9.17) is 0 Å². The van der Waals surface area contributed by atoms with Gasteiger partial charge in [0.25, 0.3) is 11.4 Å². The minimum atomic E-state index is -0.416. The third kappa shape index (κ3) is 3.87. The fourth-order valence-corrected chi connectivity index (χ4v) is 3.41. The number of nitro benzene ring substituents is 2. The van der Waals surface area contributed by atoms with Crippen LogP contribution in [0.2, 0.25) is 0 Å². The number of hydrogen-bond acceptors (Lipinski definition) is 4. The summed E-state index contributed by atoms with van der Waals surface area (Å²) in [5.41, 5.74) is 2.01. The lowest BCUT2D eigenvalue weighted by Crippen LogP contribution is -1.96. The number of rotatable bonds is 4. The van der Waals surface area contributed by atoms with Crippen LogP contribution in [0.1, 0.15) is 11.1 Å². The quantitative estimate of drug-likeness (QED) is 0.349. The molecule has 0 spiro atoms. The van der Waals surface area contributed by atoms with Gasteiger partial charge in [-0.15, -0.1) is 0 Å². The molecule has 0 saturated heterocycles. The normalized spacial score (nSPS) is 10.4. The molecular weight excluding hydrogens is 502 g/mol. The predicted molar refractivity (Wildman–Crippen MR) is 94.4 cm³/mol. The van der Waals surface area contributed by atoms with E-state index in [1.54, 1.807) is 24.3 Å². The molecule has 0 unspecified atom stereocenters. The lowest BCUT2D eigenvalue weighted by Gasteiger charge is -2.04. The van der Waals surface area contributed by atoms with Crippen molar-refractivity contribution in [2.75, 3.05) is 0 Å². The smallest absolute Gasteiger partial charge is 0.258 e. The summed E-state index contributed by atoms with van der Waals surface area (Å²) in [5.74, 6) is 0. The van der Waals surface area contributed by atoms with Crippen molar-refractivity contribution in [1.82, 2.24) is 0 Å². The van der Waals surface area contributed by atoms with E-state index in [2.05, 4.69) is 0 Å². The SMILES string of the molecule is O=[N+]([O-])c1ccc(Cc2ccc([N+](=O)[O-])c(I)c2)cc1I. The van der Waals surface area contributed by atoms with E-state index in [0.29, 0.717) is 13.6 Å². The predicted octanol–water partition coefficient (Wildman–Crippen LogP) is 4.30. The van der Waals surface area contributed by atoms with Crippen LogP contribution >= 0.6 is 45.2 Å². The molecule has 8 heteroatoms. The van der Waals surface area contributed by atoms with Crippen LogP contribution in [0.3, 0.4) is 0 Å². The Kier molecular flexibility index (Phi) is 5.08. The molecule has 0 aromatic heterocycles. The minimum Gasteiger partial charge on any atom is -0.258 e. The van der Waals surface area contributed by atoms with Gasteiger partial charge in [0.15, 0.2) is 0 Å². The van der Waals surface area contributed by atoms with Crippen LogP contribution < -0.4 is 0 Å². The highest BCUT2D eigenvalue weighted by Crippen LogP contribution is 2.25. The first-order chi connectivity index (χ1) is 9.88. The van der Waals surface area contributed by atoms with Gasteiger partial charge in [-0.3, -0.25) is 20.2 Å². The summed E-state index contributed by atoms with van der Waals surface area (Å²) < 4.78 is 1.15. The monoisotopic (exact) mass is 510 g/mol. The Morgan fingerprint density at radius 2 is 1.19 bits per heavy atom. The van der Waals surface area contributed by atoms with Crippen molar-refractivity contribution in [1.29, 1.82) is 0 Å². The van der Waals surface area contributed by atoms with Crippen LogP contribution in [0, 0.1) is 27.4 Å². The van der Waals surface area contributed by atoms with Crippen molar-refractivity contribution in [2.45, 2.75) is 6.42 Å². The minimum absolute atomic E-state index is 0.0811. The molecule has 0 heterocycles. The highest BCUT2D eigenvalue weighted by atomic mass is 127. The molecule has 0 atom stereocenters. The molecule has 21 heavy (non-hydrogen) atoms. The second-order valence-corrected chi connectivity index (χ2v) is 6.59. The van der Waals surface area contributed by atoms with Crippen molar-refractivity contribution in [3.63, 3.8) is 0 Å². The fraction of sp³-hybridized carbons (Fsp3) is 0.0769. The van der Waals surface area contributed by atoms with Gasteiger partial charge in [-0.25, -0.2) is 0 Å². The summed E-state index contributed by atoms with van der Waals surface area (Å²) in [6.45, 7) is 0. The third-order valence-corrected chi connectivity index (χ3v) is 4.55. The molecule has 108 valence electrons. The number of halogens is 2. The molecule has 0 radical (unpaired) electrons. The first-order valence-corrected chi connectivity index (χ1v) is 7.90. The molecule has 0 aliphatic carbocycles. The molecular formula is C13H8I2N2O4. The maximum atomic E-state index is 10.8. The molecule has 0 N–H and O–H groups in total. The number of nitro groups is 2. The summed E-state index contributed by atoms with van der Waals surface area (Å²) >= 11 is 3.86. The fourth-order valence-electron chi connectivity index (χ4n) is 1.85. The van der Waals surface area contributed by atoms with Crippen LogP contribution in [0.25, 0.3) is 0 Å². The van der Waals surface area contributed by atoms with Gasteiger partial charge in [0.1, 0.15) is 0 Å². The summed E-state index contributed by atoms with van der Waals surface area (Å²) in [6.07, 6.45) is 0.571. The summed E-state index contributed by atoms with van der Waals surface area (Å²) in [6, 6.07) is 9.88. The molecule has 0 saturated carbocycles. The number of nitrogens with zero attached hydrogens (tertiary/aromatic N) is 2. The lowest BCUT2D eigenvalue weighted by molar-refractivity contribution is -0.386. The van der Waals surface area contributed by atoms with Crippen molar-refractivity contribution in [3.8, 4) is 0 Å². The van der Waals surface area contributed by atoms with E-state index in [-0.39, 0.29) is 11.4 Å². The Hall–Kier alpha value is -1.30. The van der Waals surface area contributed by atoms with Gasteiger partial charge < -0.3 is 0 Å². The topological polar surface area (TPSA) is 86.3 Å². The average molecular weight is 510 g/mol. The van der Waals surface area contributed by atoms with Crippen molar-refractivity contribution in [3.05, 3.63) is 74.9 Å². The van der Waals surface area contributed by atoms with E-state index >= 15 is 0 Å². The van der Waals surface area contributed by atoms with Gasteiger partial charge in [0.2, 0.25) is 0 Å². The maximum Gasteiger partial charge on any atom is 0.282 e. The number of hydrogen-bond donors (Lipinski definition) is 0. The van der Waals surface area contributed by atoms with Gasteiger partial charge in [-0.2, -0.15) is 0 Å². The van der Waals surface area contributed by atoms with Crippen LogP contribution in [0.15, 0.2) is 36.4 Å². The van der Waals surface area contributed by atoms with Crippen molar-refractivity contribution < 1.29 is 9.85 Å². The Morgan fingerprint density at radius 1 is 0.810 bits per heavy atom. The van der Waals surface area contributed by atoms with Crippen LogP contribution in [-0.2, 0) is 6.42 Å². The molecule has 2 aromatic rings. The summed E-state index contributed by atoms with van der Waals surface area (Å²) in [5, 5.41) is 21.5. The first kappa shape index (κ1) is 16.1. The highest BCUT2D eigenvalue weighted by Gasteiger charge is 2.14. The number of benzene rings is 2. The van der Waals surface area contributed by atoms with Crippen LogP contribution in [0.4, 0.5) is 11.4 Å². The average Bonchev–Trinajstić information content (AvgIpc) is 2.37. The largest absolute Gasteiger partial charge is 0.282 e. The van der Waals surface area contributed by atoms with E-state index in [1.807, 2.05) is 45.2 Å². The molecule has 2 aromatic carbocycles. The van der Waals surface area contributed by atoms with Gasteiger partial charge in [0, 0.05) is 12.1 Å². The van der Waals surface area contributed by atoms with E-state index < -0.39 is 9.85 Å². The second kappa shape index (κ2) is 6.64. The van der Waals surface area contributed by atoms with Crippen molar-refractivity contribution in [2.24, 2.45) is 0 Å². The zero-order valence-electron chi connectivity index (χ0n) is 10.5. The van der Waals surface area contributed by atoms with Gasteiger partial charge in [0.05, 0.1) is 17.0 Å². The highest BCUT2D eigenvalue weighted by molar-refractivity contribution is 14.1. The van der Waals surface area contributed by atoms with E-state index in [1.165, 1.54) is 12.1 Å². The second-order valence-electron chi connectivity index (χ2n) is 4.26. The Balaban J connectivity index is 2.26. The van der Waals surface area contributed by atoms with Crippen LogP contribution in [-0.4, -0.2) is 9.85 Å². The molecule has 6 nitrogen and oxygen atoms in total. The van der Waals surface area contributed by atoms with E-state index in [9.17, 15) is 20.2 Å². The molecule has 0 fully saturated rings. The standard InChI is InChI=1S/C13H8I2N2O4/c14-10-6-8(1-3-12(10)16(18)19)5-9-2-4-13(17(20)21)11(15)7-9/h1-4,6-7H,5H2. The van der Waals surface area contributed by atoms with Gasteiger partial charge in [-0.05, 0) is 74.9 Å². The summed E-state index contributed by atoms with van der Waals surface area (Å²) in [7, 11) is 0. The van der Waals surface area contributed by atoms with Gasteiger partial charge in [-0.1, -0.05) is 12.1 Å². The Labute approximate surface area is 147 Å². The molecule has 0 amide bonds. The van der Waals surface area contributed by atoms with Crippen molar-refractivity contribution >= 4 is 56.6 Å². The zero-order chi connectivity index (χ0) is 15.6. The zero-order valence-corrected chi connectivity index (χ0v) is 14.8. The maximum absolute atomic E-state index is 10.8.